The zero-order valence-electron chi connectivity index (χ0n) is 12.5. The number of aryl methyl sites for hydroxylation is 1. The summed E-state index contributed by atoms with van der Waals surface area (Å²) in [6, 6.07) is 10.5. The van der Waals surface area contributed by atoms with Crippen molar-refractivity contribution in [1.82, 2.24) is 9.97 Å². The highest BCUT2D eigenvalue weighted by Gasteiger charge is 2.19. The normalized spacial score (nSPS) is 16.2. The number of hydrogen-bond acceptors (Lipinski definition) is 4. The number of anilines is 1. The van der Waals surface area contributed by atoms with Gasteiger partial charge in [-0.1, -0.05) is 37.3 Å². The smallest absolute Gasteiger partial charge is 0.159 e. The van der Waals surface area contributed by atoms with E-state index in [1.807, 2.05) is 36.5 Å². The Kier molecular flexibility index (Phi) is 4.15. The van der Waals surface area contributed by atoms with Gasteiger partial charge >= 0.3 is 0 Å². The highest BCUT2D eigenvalue weighted by molar-refractivity contribution is 5.58. The largest absolute Gasteiger partial charge is 0.369 e. The molecule has 2 N–H and O–H groups in total. The molecule has 0 amide bonds. The molecular weight excluding hydrogens is 260 g/mol. The van der Waals surface area contributed by atoms with Gasteiger partial charge in [-0.05, 0) is 19.3 Å². The molecule has 3 rings (SSSR count). The molecule has 0 saturated carbocycles. The van der Waals surface area contributed by atoms with Crippen LogP contribution in [-0.2, 0) is 6.42 Å². The summed E-state index contributed by atoms with van der Waals surface area (Å²) in [5, 5.41) is 0. The molecule has 1 aliphatic heterocycles. The van der Waals surface area contributed by atoms with Crippen LogP contribution in [-0.4, -0.2) is 29.1 Å². The fraction of sp³-hybridized carbons (Fsp3) is 0.412. The SMILES string of the molecule is CCc1nc(-c2ccccc2)ncc1N1CCC(N)CC1. The van der Waals surface area contributed by atoms with Gasteiger partial charge in [0.05, 0.1) is 17.6 Å². The van der Waals surface area contributed by atoms with Gasteiger partial charge in [0.2, 0.25) is 0 Å². The van der Waals surface area contributed by atoms with E-state index < -0.39 is 0 Å². The number of hydrogen-bond donors (Lipinski definition) is 1. The third-order valence-electron chi connectivity index (χ3n) is 4.09. The first-order valence-electron chi connectivity index (χ1n) is 7.69. The Balaban J connectivity index is 1.89. The molecule has 1 aromatic carbocycles. The van der Waals surface area contributed by atoms with Crippen LogP contribution in [0.4, 0.5) is 5.69 Å². The van der Waals surface area contributed by atoms with E-state index in [0.717, 1.165) is 49.4 Å². The van der Waals surface area contributed by atoms with Crippen molar-refractivity contribution < 1.29 is 0 Å². The number of aromatic nitrogens is 2. The molecule has 0 atom stereocenters. The molecule has 1 fully saturated rings. The van der Waals surface area contributed by atoms with Crippen LogP contribution in [0.3, 0.4) is 0 Å². The molecule has 0 bridgehead atoms. The van der Waals surface area contributed by atoms with Crippen molar-refractivity contribution in [3.63, 3.8) is 0 Å². The van der Waals surface area contributed by atoms with Gasteiger partial charge in [-0.2, -0.15) is 0 Å². The van der Waals surface area contributed by atoms with Crippen LogP contribution in [0.1, 0.15) is 25.5 Å². The first-order chi connectivity index (χ1) is 10.3. The molecule has 4 heteroatoms. The van der Waals surface area contributed by atoms with Gasteiger partial charge in [-0.25, -0.2) is 9.97 Å². The minimum Gasteiger partial charge on any atom is -0.369 e. The maximum absolute atomic E-state index is 5.99. The minimum atomic E-state index is 0.343. The average Bonchev–Trinajstić information content (AvgIpc) is 2.56. The molecule has 1 aromatic heterocycles. The van der Waals surface area contributed by atoms with E-state index in [-0.39, 0.29) is 0 Å². The zero-order chi connectivity index (χ0) is 14.7. The summed E-state index contributed by atoms with van der Waals surface area (Å²) in [4.78, 5) is 11.7. The van der Waals surface area contributed by atoms with Gasteiger partial charge in [0.15, 0.2) is 5.82 Å². The van der Waals surface area contributed by atoms with Crippen molar-refractivity contribution in [2.75, 3.05) is 18.0 Å². The second-order valence-electron chi connectivity index (χ2n) is 5.57. The van der Waals surface area contributed by atoms with Crippen molar-refractivity contribution in [2.24, 2.45) is 5.73 Å². The second-order valence-corrected chi connectivity index (χ2v) is 5.57. The van der Waals surface area contributed by atoms with Crippen LogP contribution in [0.15, 0.2) is 36.5 Å². The number of nitrogens with two attached hydrogens (primary N) is 1. The Morgan fingerprint density at radius 3 is 2.57 bits per heavy atom. The summed E-state index contributed by atoms with van der Waals surface area (Å²) >= 11 is 0. The van der Waals surface area contributed by atoms with Crippen molar-refractivity contribution >= 4 is 5.69 Å². The van der Waals surface area contributed by atoms with Crippen LogP contribution < -0.4 is 10.6 Å². The van der Waals surface area contributed by atoms with Crippen LogP contribution in [0.5, 0.6) is 0 Å². The quantitative estimate of drug-likeness (QED) is 0.940. The number of rotatable bonds is 3. The van der Waals surface area contributed by atoms with Crippen molar-refractivity contribution in [3.05, 3.63) is 42.2 Å². The molecule has 1 saturated heterocycles. The van der Waals surface area contributed by atoms with Gasteiger partial charge < -0.3 is 10.6 Å². The molecule has 4 nitrogen and oxygen atoms in total. The van der Waals surface area contributed by atoms with E-state index in [2.05, 4.69) is 16.8 Å². The van der Waals surface area contributed by atoms with E-state index in [1.54, 1.807) is 0 Å². The lowest BCUT2D eigenvalue weighted by atomic mass is 10.1. The zero-order valence-corrected chi connectivity index (χ0v) is 12.5. The average molecular weight is 282 g/mol. The van der Waals surface area contributed by atoms with E-state index in [4.69, 9.17) is 10.7 Å². The summed E-state index contributed by atoms with van der Waals surface area (Å²) in [5.74, 6) is 0.810. The van der Waals surface area contributed by atoms with Crippen LogP contribution in [0.2, 0.25) is 0 Å². The van der Waals surface area contributed by atoms with Gasteiger partial charge in [-0.15, -0.1) is 0 Å². The van der Waals surface area contributed by atoms with E-state index >= 15 is 0 Å². The van der Waals surface area contributed by atoms with Gasteiger partial charge in [-0.3, -0.25) is 0 Å². The van der Waals surface area contributed by atoms with Crippen molar-refractivity contribution in [1.29, 1.82) is 0 Å². The molecule has 0 unspecified atom stereocenters. The Morgan fingerprint density at radius 2 is 1.90 bits per heavy atom. The number of benzene rings is 1. The van der Waals surface area contributed by atoms with E-state index in [9.17, 15) is 0 Å². The third kappa shape index (κ3) is 3.05. The maximum atomic E-state index is 5.99. The lowest BCUT2D eigenvalue weighted by Gasteiger charge is -2.32. The molecule has 2 aromatic rings. The van der Waals surface area contributed by atoms with E-state index in [1.165, 1.54) is 5.69 Å². The Bertz CT molecular complexity index is 589. The lowest BCUT2D eigenvalue weighted by molar-refractivity contribution is 0.499. The van der Waals surface area contributed by atoms with Crippen LogP contribution in [0.25, 0.3) is 11.4 Å². The van der Waals surface area contributed by atoms with Crippen molar-refractivity contribution in [3.8, 4) is 11.4 Å². The van der Waals surface area contributed by atoms with Crippen LogP contribution >= 0.6 is 0 Å². The first-order valence-corrected chi connectivity index (χ1v) is 7.69. The summed E-state index contributed by atoms with van der Waals surface area (Å²) in [6.07, 6.45) is 4.98. The molecule has 110 valence electrons. The first kappa shape index (κ1) is 14.0. The van der Waals surface area contributed by atoms with E-state index in [0.29, 0.717) is 6.04 Å². The molecule has 2 heterocycles. The minimum absolute atomic E-state index is 0.343. The predicted octanol–water partition coefficient (Wildman–Crippen LogP) is 2.63. The highest BCUT2D eigenvalue weighted by Crippen LogP contribution is 2.25. The molecule has 1 aliphatic rings. The molecular formula is C17H22N4. The predicted molar refractivity (Wildman–Crippen MR) is 86.3 cm³/mol. The van der Waals surface area contributed by atoms with Gasteiger partial charge in [0.25, 0.3) is 0 Å². The van der Waals surface area contributed by atoms with Gasteiger partial charge in [0.1, 0.15) is 0 Å². The van der Waals surface area contributed by atoms with Gasteiger partial charge in [0, 0.05) is 24.7 Å². The topological polar surface area (TPSA) is 55.0 Å². The van der Waals surface area contributed by atoms with Crippen molar-refractivity contribution in [2.45, 2.75) is 32.2 Å². The molecule has 0 radical (unpaired) electrons. The fourth-order valence-corrected chi connectivity index (χ4v) is 2.80. The Morgan fingerprint density at radius 1 is 1.19 bits per heavy atom. The van der Waals surface area contributed by atoms with Crippen LogP contribution in [0, 0.1) is 0 Å². The number of nitrogens with zero attached hydrogens (tertiary/aromatic N) is 3. The molecule has 0 spiro atoms. The lowest BCUT2D eigenvalue weighted by Crippen LogP contribution is -2.40. The fourth-order valence-electron chi connectivity index (χ4n) is 2.80. The summed E-state index contributed by atoms with van der Waals surface area (Å²) in [5.41, 5.74) is 9.35. The maximum Gasteiger partial charge on any atom is 0.159 e. The molecule has 0 aliphatic carbocycles. The summed E-state index contributed by atoms with van der Waals surface area (Å²) < 4.78 is 0. The summed E-state index contributed by atoms with van der Waals surface area (Å²) in [6.45, 7) is 4.15. The summed E-state index contributed by atoms with van der Waals surface area (Å²) in [7, 11) is 0. The monoisotopic (exact) mass is 282 g/mol. The number of piperidine rings is 1. The Hall–Kier alpha value is -1.94. The molecule has 21 heavy (non-hydrogen) atoms. The highest BCUT2D eigenvalue weighted by atomic mass is 15.2. The second kappa shape index (κ2) is 6.22. The third-order valence-corrected chi connectivity index (χ3v) is 4.09. The Labute approximate surface area is 126 Å². The standard InChI is InChI=1S/C17H22N4/c1-2-15-16(21-10-8-14(18)9-11-21)12-19-17(20-15)13-6-4-3-5-7-13/h3-7,12,14H,2,8-11,18H2,1H3.